The Kier molecular flexibility index (Phi) is 2.74. The second-order valence-electron chi connectivity index (χ2n) is 4.83. The van der Waals surface area contributed by atoms with Crippen LogP contribution in [0.3, 0.4) is 0 Å². The molecule has 0 bridgehead atoms. The number of rotatable bonds is 2. The first-order chi connectivity index (χ1) is 8.40. The number of aryl methyl sites for hydroxylation is 2. The molecule has 0 spiro atoms. The molecule has 1 saturated carbocycles. The highest BCUT2D eigenvalue weighted by atomic mass is 35.5. The molecule has 0 saturated heterocycles. The molecular weight excluding hydrogens is 291 g/mol. The summed E-state index contributed by atoms with van der Waals surface area (Å²) in [5.74, 6) is 0.151. The van der Waals surface area contributed by atoms with Gasteiger partial charge in [-0.2, -0.15) is 0 Å². The first-order valence-electron chi connectivity index (χ1n) is 5.73. The molecule has 0 N–H and O–H groups in total. The van der Waals surface area contributed by atoms with Gasteiger partial charge in [-0.15, -0.1) is 34.5 Å². The third-order valence-electron chi connectivity index (χ3n) is 3.53. The Morgan fingerprint density at radius 2 is 2.22 bits per heavy atom. The highest BCUT2D eigenvalue weighted by molar-refractivity contribution is 7.18. The van der Waals surface area contributed by atoms with Gasteiger partial charge in [0, 0.05) is 17.3 Å². The van der Waals surface area contributed by atoms with Crippen molar-refractivity contribution in [2.24, 2.45) is 5.92 Å². The first-order valence-corrected chi connectivity index (χ1v) is 7.30. The monoisotopic (exact) mass is 302 g/mol. The quantitative estimate of drug-likeness (QED) is 0.798. The van der Waals surface area contributed by atoms with E-state index < -0.39 is 4.33 Å². The van der Waals surface area contributed by atoms with Gasteiger partial charge >= 0.3 is 0 Å². The minimum Gasteiger partial charge on any atom is -0.298 e. The van der Waals surface area contributed by atoms with Gasteiger partial charge in [-0.25, -0.2) is 4.98 Å². The van der Waals surface area contributed by atoms with E-state index in [1.54, 1.807) is 22.2 Å². The molecule has 1 unspecified atom stereocenters. The first kappa shape index (κ1) is 12.5. The van der Waals surface area contributed by atoms with E-state index >= 15 is 0 Å². The van der Waals surface area contributed by atoms with Crippen molar-refractivity contribution in [2.75, 3.05) is 0 Å². The molecule has 0 radical (unpaired) electrons. The zero-order valence-corrected chi connectivity index (χ0v) is 12.4. The SMILES string of the molecule is Cc1sc2ncn(CC3CC3(Cl)Cl)c(=O)c2c1C. The van der Waals surface area contributed by atoms with Gasteiger partial charge in [-0.1, -0.05) is 0 Å². The summed E-state index contributed by atoms with van der Waals surface area (Å²) in [6.45, 7) is 4.52. The van der Waals surface area contributed by atoms with E-state index in [4.69, 9.17) is 23.2 Å². The highest BCUT2D eigenvalue weighted by Gasteiger charge is 2.51. The molecule has 6 heteroatoms. The van der Waals surface area contributed by atoms with E-state index in [2.05, 4.69) is 4.98 Å². The molecule has 1 aliphatic rings. The van der Waals surface area contributed by atoms with Crippen LogP contribution in [0.1, 0.15) is 16.9 Å². The van der Waals surface area contributed by atoms with E-state index in [1.807, 2.05) is 13.8 Å². The number of thiophene rings is 1. The van der Waals surface area contributed by atoms with E-state index in [0.717, 1.165) is 27.1 Å². The molecule has 18 heavy (non-hydrogen) atoms. The zero-order chi connectivity index (χ0) is 13.1. The summed E-state index contributed by atoms with van der Waals surface area (Å²) in [5, 5.41) is 0.732. The average molecular weight is 303 g/mol. The van der Waals surface area contributed by atoms with Crippen LogP contribution >= 0.6 is 34.5 Å². The van der Waals surface area contributed by atoms with Gasteiger partial charge in [0.15, 0.2) is 0 Å². The predicted molar refractivity (Wildman–Crippen MR) is 75.9 cm³/mol. The molecular formula is C12H12Cl2N2OS. The Morgan fingerprint density at radius 3 is 2.83 bits per heavy atom. The van der Waals surface area contributed by atoms with Crippen LogP contribution in [0, 0.1) is 19.8 Å². The lowest BCUT2D eigenvalue weighted by Gasteiger charge is -2.05. The minimum atomic E-state index is -0.659. The van der Waals surface area contributed by atoms with Crippen molar-refractivity contribution in [3.63, 3.8) is 0 Å². The zero-order valence-electron chi connectivity index (χ0n) is 10.0. The molecule has 1 atom stereocenters. The standard InChI is InChI=1S/C12H12Cl2N2OS/c1-6-7(2)18-10-9(6)11(17)16(5-15-10)4-8-3-12(8,13)14/h5,8H,3-4H2,1-2H3. The van der Waals surface area contributed by atoms with Crippen LogP contribution in [-0.4, -0.2) is 13.9 Å². The van der Waals surface area contributed by atoms with Gasteiger partial charge in [-0.3, -0.25) is 9.36 Å². The molecule has 96 valence electrons. The molecule has 3 nitrogen and oxygen atoms in total. The topological polar surface area (TPSA) is 34.9 Å². The maximum Gasteiger partial charge on any atom is 0.262 e. The van der Waals surface area contributed by atoms with E-state index in [9.17, 15) is 4.79 Å². The maximum absolute atomic E-state index is 12.4. The maximum atomic E-state index is 12.4. The fourth-order valence-electron chi connectivity index (χ4n) is 2.11. The van der Waals surface area contributed by atoms with Crippen LogP contribution < -0.4 is 5.56 Å². The lowest BCUT2D eigenvalue weighted by Crippen LogP contribution is -2.22. The van der Waals surface area contributed by atoms with Crippen LogP contribution in [0.4, 0.5) is 0 Å². The highest BCUT2D eigenvalue weighted by Crippen LogP contribution is 2.53. The van der Waals surface area contributed by atoms with Gasteiger partial charge in [0.1, 0.15) is 9.16 Å². The van der Waals surface area contributed by atoms with Gasteiger partial charge in [0.2, 0.25) is 0 Å². The van der Waals surface area contributed by atoms with E-state index in [0.29, 0.717) is 6.54 Å². The predicted octanol–water partition coefficient (Wildman–Crippen LogP) is 3.27. The van der Waals surface area contributed by atoms with Crippen molar-refractivity contribution in [3.05, 3.63) is 27.1 Å². The van der Waals surface area contributed by atoms with Gasteiger partial charge in [-0.05, 0) is 25.8 Å². The van der Waals surface area contributed by atoms with Crippen molar-refractivity contribution in [3.8, 4) is 0 Å². The molecule has 1 fully saturated rings. The van der Waals surface area contributed by atoms with Gasteiger partial charge in [0.05, 0.1) is 11.7 Å². The third-order valence-corrected chi connectivity index (χ3v) is 5.57. The largest absolute Gasteiger partial charge is 0.298 e. The summed E-state index contributed by atoms with van der Waals surface area (Å²) in [5.41, 5.74) is 1.04. The van der Waals surface area contributed by atoms with E-state index in [1.165, 1.54) is 0 Å². The molecule has 0 aliphatic heterocycles. The average Bonchev–Trinajstić information content (AvgIpc) is 2.77. The number of halogens is 2. The van der Waals surface area contributed by atoms with Crippen molar-refractivity contribution in [1.29, 1.82) is 0 Å². The second kappa shape index (κ2) is 3.95. The number of hydrogen-bond donors (Lipinski definition) is 0. The summed E-state index contributed by atoms with van der Waals surface area (Å²) in [6, 6.07) is 0. The fraction of sp³-hybridized carbons (Fsp3) is 0.500. The van der Waals surface area contributed by atoms with Gasteiger partial charge < -0.3 is 0 Å². The van der Waals surface area contributed by atoms with Crippen LogP contribution in [0.5, 0.6) is 0 Å². The number of nitrogens with zero attached hydrogens (tertiary/aromatic N) is 2. The number of hydrogen-bond acceptors (Lipinski definition) is 3. The van der Waals surface area contributed by atoms with Crippen LogP contribution in [0.25, 0.3) is 10.2 Å². The van der Waals surface area contributed by atoms with Gasteiger partial charge in [0.25, 0.3) is 5.56 Å². The minimum absolute atomic E-state index is 0.0119. The summed E-state index contributed by atoms with van der Waals surface area (Å²) in [6.07, 6.45) is 2.34. The summed E-state index contributed by atoms with van der Waals surface area (Å²) in [7, 11) is 0. The summed E-state index contributed by atoms with van der Waals surface area (Å²) < 4.78 is 0.965. The van der Waals surface area contributed by atoms with E-state index in [-0.39, 0.29) is 11.5 Å². The van der Waals surface area contributed by atoms with Crippen LogP contribution in [0.2, 0.25) is 0 Å². The van der Waals surface area contributed by atoms with Crippen molar-refractivity contribution < 1.29 is 0 Å². The summed E-state index contributed by atoms with van der Waals surface area (Å²) in [4.78, 5) is 18.7. The van der Waals surface area contributed by atoms with Crippen LogP contribution in [0.15, 0.2) is 11.1 Å². The Balaban J connectivity index is 2.07. The van der Waals surface area contributed by atoms with Crippen molar-refractivity contribution in [2.45, 2.75) is 31.1 Å². The smallest absolute Gasteiger partial charge is 0.262 e. The molecule has 0 aromatic carbocycles. The van der Waals surface area contributed by atoms with Crippen molar-refractivity contribution in [1.82, 2.24) is 9.55 Å². The Morgan fingerprint density at radius 1 is 1.56 bits per heavy atom. The number of fused-ring (bicyclic) bond motifs is 1. The Hall–Kier alpha value is -0.580. The second-order valence-corrected chi connectivity index (χ2v) is 7.57. The van der Waals surface area contributed by atoms with Crippen LogP contribution in [-0.2, 0) is 6.54 Å². The number of alkyl halides is 2. The Labute approximate surface area is 118 Å². The molecule has 1 aliphatic carbocycles. The molecule has 2 aromatic rings. The molecule has 2 aromatic heterocycles. The molecule has 3 rings (SSSR count). The normalized spacial score (nSPS) is 21.4. The third kappa shape index (κ3) is 1.87. The van der Waals surface area contributed by atoms with Crippen molar-refractivity contribution >= 4 is 44.8 Å². The molecule has 2 heterocycles. The lowest BCUT2D eigenvalue weighted by molar-refractivity contribution is 0.597. The molecule has 0 amide bonds. The summed E-state index contributed by atoms with van der Waals surface area (Å²) >= 11 is 13.5. The number of aromatic nitrogens is 2. The Bertz CT molecular complexity index is 689. The fourth-order valence-corrected chi connectivity index (χ4v) is 3.60. The lowest BCUT2D eigenvalue weighted by atomic mass is 10.2.